The van der Waals surface area contributed by atoms with Crippen molar-refractivity contribution in [3.05, 3.63) is 24.0 Å². The molecule has 90 valence electrons. The predicted octanol–water partition coefficient (Wildman–Crippen LogP) is 1.22. The molecule has 2 N–H and O–H groups in total. The Morgan fingerprint density at radius 1 is 1.44 bits per heavy atom. The smallest absolute Gasteiger partial charge is 0.153 e. The summed E-state index contributed by atoms with van der Waals surface area (Å²) in [6.45, 7) is 1.59. The Bertz CT molecular complexity index is 459. The maximum absolute atomic E-state index is 12.7. The minimum absolute atomic E-state index is 0.0198. The first-order valence-corrected chi connectivity index (χ1v) is 6.65. The van der Waals surface area contributed by atoms with E-state index in [0.29, 0.717) is 5.75 Å². The minimum atomic E-state index is -3.05. The number of benzene rings is 1. The molecule has 0 heterocycles. The van der Waals surface area contributed by atoms with Gasteiger partial charge in [-0.15, -0.1) is 0 Å². The second-order valence-electron chi connectivity index (χ2n) is 3.27. The van der Waals surface area contributed by atoms with Gasteiger partial charge in [-0.3, -0.25) is 0 Å². The zero-order valence-corrected chi connectivity index (χ0v) is 9.76. The summed E-state index contributed by atoms with van der Waals surface area (Å²) in [5.41, 5.74) is 5.65. The summed E-state index contributed by atoms with van der Waals surface area (Å²) in [5, 5.41) is 0. The van der Waals surface area contributed by atoms with Crippen LogP contribution in [0.2, 0.25) is 0 Å². The summed E-state index contributed by atoms with van der Waals surface area (Å²) in [6, 6.07) is 3.72. The first kappa shape index (κ1) is 12.8. The summed E-state index contributed by atoms with van der Waals surface area (Å²) in [6.07, 6.45) is 0. The van der Waals surface area contributed by atoms with E-state index in [1.54, 1.807) is 6.92 Å². The maximum atomic E-state index is 12.7. The zero-order chi connectivity index (χ0) is 12.2. The van der Waals surface area contributed by atoms with Gasteiger partial charge < -0.3 is 10.5 Å². The van der Waals surface area contributed by atoms with Gasteiger partial charge in [-0.05, 0) is 12.1 Å². The lowest BCUT2D eigenvalue weighted by Gasteiger charge is -2.08. The Morgan fingerprint density at radius 2 is 2.12 bits per heavy atom. The van der Waals surface area contributed by atoms with E-state index in [2.05, 4.69) is 0 Å². The number of hydrogen-bond donors (Lipinski definition) is 1. The molecular weight excluding hydrogens is 233 g/mol. The SMILES string of the molecule is CCS(=O)(=O)CCOc1ccc(F)cc1N. The van der Waals surface area contributed by atoms with Crippen LogP contribution in [0.3, 0.4) is 0 Å². The summed E-state index contributed by atoms with van der Waals surface area (Å²) in [4.78, 5) is 0. The molecule has 0 radical (unpaired) electrons. The highest BCUT2D eigenvalue weighted by atomic mass is 32.2. The van der Waals surface area contributed by atoms with Gasteiger partial charge in [0.25, 0.3) is 0 Å². The molecular formula is C10H14FNO3S. The van der Waals surface area contributed by atoms with Crippen molar-refractivity contribution in [1.82, 2.24) is 0 Å². The monoisotopic (exact) mass is 247 g/mol. The van der Waals surface area contributed by atoms with Gasteiger partial charge in [0.2, 0.25) is 0 Å². The molecule has 4 nitrogen and oxygen atoms in total. The highest BCUT2D eigenvalue weighted by molar-refractivity contribution is 7.91. The molecule has 0 bridgehead atoms. The Labute approximate surface area is 94.1 Å². The Kier molecular flexibility index (Phi) is 4.12. The van der Waals surface area contributed by atoms with Crippen molar-refractivity contribution >= 4 is 15.5 Å². The summed E-state index contributed by atoms with van der Waals surface area (Å²) in [5.74, 6) is -0.144. The van der Waals surface area contributed by atoms with Crippen LogP contribution in [0.25, 0.3) is 0 Å². The third kappa shape index (κ3) is 3.69. The molecule has 16 heavy (non-hydrogen) atoms. The maximum Gasteiger partial charge on any atom is 0.153 e. The summed E-state index contributed by atoms with van der Waals surface area (Å²) >= 11 is 0. The lowest BCUT2D eigenvalue weighted by atomic mass is 10.3. The van der Waals surface area contributed by atoms with E-state index in [1.807, 2.05) is 0 Å². The Balaban J connectivity index is 2.56. The van der Waals surface area contributed by atoms with Crippen LogP contribution in [0.15, 0.2) is 18.2 Å². The highest BCUT2D eigenvalue weighted by Crippen LogP contribution is 2.21. The number of ether oxygens (including phenoxy) is 1. The van der Waals surface area contributed by atoms with Gasteiger partial charge in [0.05, 0.1) is 11.4 Å². The first-order valence-electron chi connectivity index (χ1n) is 4.83. The van der Waals surface area contributed by atoms with Gasteiger partial charge >= 0.3 is 0 Å². The molecule has 0 amide bonds. The largest absolute Gasteiger partial charge is 0.490 e. The zero-order valence-electron chi connectivity index (χ0n) is 8.94. The van der Waals surface area contributed by atoms with Gasteiger partial charge in [0.15, 0.2) is 9.84 Å². The van der Waals surface area contributed by atoms with E-state index < -0.39 is 15.7 Å². The highest BCUT2D eigenvalue weighted by Gasteiger charge is 2.08. The molecule has 0 unspecified atom stereocenters. The topological polar surface area (TPSA) is 69.4 Å². The van der Waals surface area contributed by atoms with Crippen LogP contribution in [0.4, 0.5) is 10.1 Å². The number of hydrogen-bond acceptors (Lipinski definition) is 4. The second-order valence-corrected chi connectivity index (χ2v) is 5.74. The molecule has 0 aromatic heterocycles. The van der Waals surface area contributed by atoms with Crippen LogP contribution >= 0.6 is 0 Å². The lowest BCUT2D eigenvalue weighted by Crippen LogP contribution is -2.16. The molecule has 0 atom stereocenters. The van der Waals surface area contributed by atoms with Crippen LogP contribution in [0.5, 0.6) is 5.75 Å². The molecule has 0 fully saturated rings. The predicted molar refractivity (Wildman–Crippen MR) is 60.6 cm³/mol. The molecule has 1 aromatic rings. The van der Waals surface area contributed by atoms with E-state index in [0.717, 1.165) is 6.07 Å². The van der Waals surface area contributed by atoms with Crippen molar-refractivity contribution in [3.63, 3.8) is 0 Å². The van der Waals surface area contributed by atoms with Crippen LogP contribution in [0, 0.1) is 5.82 Å². The first-order chi connectivity index (χ1) is 7.44. The molecule has 0 aliphatic rings. The van der Waals surface area contributed by atoms with Crippen molar-refractivity contribution in [3.8, 4) is 5.75 Å². The number of nitrogen functional groups attached to an aromatic ring is 1. The van der Waals surface area contributed by atoms with Crippen molar-refractivity contribution in [2.24, 2.45) is 0 Å². The summed E-state index contributed by atoms with van der Waals surface area (Å²) < 4.78 is 40.2. The molecule has 6 heteroatoms. The van der Waals surface area contributed by atoms with Gasteiger partial charge in [-0.1, -0.05) is 6.92 Å². The van der Waals surface area contributed by atoms with Gasteiger partial charge in [0, 0.05) is 11.8 Å². The Hall–Kier alpha value is -1.30. The van der Waals surface area contributed by atoms with E-state index >= 15 is 0 Å². The number of rotatable bonds is 5. The van der Waals surface area contributed by atoms with Gasteiger partial charge in [0.1, 0.15) is 18.2 Å². The van der Waals surface area contributed by atoms with Crippen LogP contribution in [-0.2, 0) is 9.84 Å². The second kappa shape index (κ2) is 5.16. The van der Waals surface area contributed by atoms with Crippen molar-refractivity contribution in [2.45, 2.75) is 6.92 Å². The number of halogens is 1. The molecule has 0 saturated carbocycles. The number of sulfone groups is 1. The van der Waals surface area contributed by atoms with Crippen molar-refractivity contribution in [2.75, 3.05) is 23.8 Å². The molecule has 0 aliphatic carbocycles. The molecule has 0 saturated heterocycles. The molecule has 0 aliphatic heterocycles. The van der Waals surface area contributed by atoms with Crippen molar-refractivity contribution < 1.29 is 17.5 Å². The molecule has 1 rings (SSSR count). The normalized spacial score (nSPS) is 11.4. The third-order valence-electron chi connectivity index (χ3n) is 2.06. The fourth-order valence-electron chi connectivity index (χ4n) is 1.07. The van der Waals surface area contributed by atoms with Crippen LogP contribution in [0.1, 0.15) is 6.92 Å². The fraction of sp³-hybridized carbons (Fsp3) is 0.400. The van der Waals surface area contributed by atoms with Crippen molar-refractivity contribution in [1.29, 1.82) is 0 Å². The fourth-order valence-corrected chi connectivity index (χ4v) is 1.70. The third-order valence-corrected chi connectivity index (χ3v) is 3.73. The average Bonchev–Trinajstić information content (AvgIpc) is 2.21. The number of anilines is 1. The van der Waals surface area contributed by atoms with E-state index in [9.17, 15) is 12.8 Å². The Morgan fingerprint density at radius 3 is 2.69 bits per heavy atom. The standard InChI is InChI=1S/C10H14FNO3S/c1-2-16(13,14)6-5-15-10-4-3-8(11)7-9(10)12/h3-4,7H,2,5-6,12H2,1H3. The minimum Gasteiger partial charge on any atom is -0.490 e. The number of nitrogens with two attached hydrogens (primary N) is 1. The van der Waals surface area contributed by atoms with Gasteiger partial charge in [-0.25, -0.2) is 12.8 Å². The lowest BCUT2D eigenvalue weighted by molar-refractivity contribution is 0.342. The van der Waals surface area contributed by atoms with E-state index in [4.69, 9.17) is 10.5 Å². The van der Waals surface area contributed by atoms with Crippen LogP contribution < -0.4 is 10.5 Å². The van der Waals surface area contributed by atoms with Gasteiger partial charge in [-0.2, -0.15) is 0 Å². The molecule has 1 aromatic carbocycles. The molecule has 0 spiro atoms. The van der Waals surface area contributed by atoms with E-state index in [-0.39, 0.29) is 23.8 Å². The summed E-state index contributed by atoms with van der Waals surface area (Å²) in [7, 11) is -3.05. The quantitative estimate of drug-likeness (QED) is 0.794. The average molecular weight is 247 g/mol. The van der Waals surface area contributed by atoms with E-state index in [1.165, 1.54) is 12.1 Å². The van der Waals surface area contributed by atoms with Crippen LogP contribution in [-0.4, -0.2) is 26.5 Å².